The maximum atomic E-state index is 14.2. The second-order valence-corrected chi connectivity index (χ2v) is 9.72. The first-order valence-electron chi connectivity index (χ1n) is 7.04. The predicted octanol–water partition coefficient (Wildman–Crippen LogP) is 9.71. The SMILES string of the molecule is FC(F)(Cl)C(F)(Cl)C(F)(F)C(F)(Cl)C(F)(F)C(F)(Cl)C(F)(F)C(F)(Cl)C(F)(F)C(F)(Cl)C(F)(F)Cl. The van der Waals surface area contributed by atoms with Crippen molar-refractivity contribution in [3.63, 3.8) is 0 Å². The monoisotopic (exact) mass is 700 g/mol. The summed E-state index contributed by atoms with van der Waals surface area (Å²) < 4.78 is 232. The van der Waals surface area contributed by atoms with Gasteiger partial charge in [0.15, 0.2) is 0 Å². The molecule has 35 heavy (non-hydrogen) atoms. The lowest BCUT2D eigenvalue weighted by Gasteiger charge is -2.47. The maximum Gasteiger partial charge on any atom is 0.375 e. The van der Waals surface area contributed by atoms with Crippen LogP contribution >= 0.6 is 81.2 Å². The fraction of sp³-hybridized carbons (Fsp3) is 1.00. The lowest BCUT2D eigenvalue weighted by molar-refractivity contribution is -0.338. The third-order valence-corrected chi connectivity index (χ3v) is 6.95. The van der Waals surface area contributed by atoms with E-state index in [4.69, 9.17) is 0 Å². The van der Waals surface area contributed by atoms with Crippen molar-refractivity contribution in [3.8, 4) is 0 Å². The van der Waals surface area contributed by atoms with Crippen molar-refractivity contribution in [1.82, 2.24) is 0 Å². The molecule has 0 radical (unpaired) electrons. The summed E-state index contributed by atoms with van der Waals surface area (Å²) in [5, 5.41) is -48.7. The molecule has 0 amide bonds. The molecule has 4 atom stereocenters. The number of rotatable bonds is 10. The minimum absolute atomic E-state index is 3.71. The van der Waals surface area contributed by atoms with Crippen LogP contribution in [0.1, 0.15) is 0 Å². The van der Waals surface area contributed by atoms with Crippen LogP contribution in [0.25, 0.3) is 0 Å². The van der Waals surface area contributed by atoms with Gasteiger partial charge in [0.1, 0.15) is 0 Å². The third kappa shape index (κ3) is 4.55. The van der Waals surface area contributed by atoms with Crippen molar-refractivity contribution in [2.45, 2.75) is 60.1 Å². The normalized spacial score (nSPS) is 24.0. The molecule has 0 aromatic heterocycles. The Labute approximate surface area is 215 Å². The van der Waals surface area contributed by atoms with Gasteiger partial charge in [0.05, 0.1) is 0 Å². The molecule has 0 N–H and O–H groups in total. The van der Waals surface area contributed by atoms with Gasteiger partial charge in [-0.2, -0.15) is 52.7 Å². The maximum absolute atomic E-state index is 14.2. The summed E-state index contributed by atoms with van der Waals surface area (Å²) in [7, 11) is 0. The highest BCUT2D eigenvalue weighted by Gasteiger charge is 2.95. The zero-order valence-corrected chi connectivity index (χ0v) is 19.9. The summed E-state index contributed by atoms with van der Waals surface area (Å²) in [6.07, 6.45) is 0. The first-order valence-corrected chi connectivity index (χ1v) is 9.68. The average Bonchev–Trinajstić information content (AvgIpc) is 2.58. The molecule has 0 aromatic carbocycles. The summed E-state index contributed by atoms with van der Waals surface area (Å²) in [6, 6.07) is 0. The van der Waals surface area contributed by atoms with Crippen LogP contribution in [0.5, 0.6) is 0 Å². The zero-order valence-electron chi connectivity index (χ0n) is 14.6. The topological polar surface area (TPSA) is 0 Å². The van der Waals surface area contributed by atoms with Gasteiger partial charge < -0.3 is 0 Å². The Kier molecular flexibility index (Phi) is 9.14. The molecule has 0 heterocycles. The van der Waals surface area contributed by atoms with E-state index in [1.54, 1.807) is 0 Å². The minimum atomic E-state index is -8.00. The van der Waals surface area contributed by atoms with Crippen molar-refractivity contribution in [2.24, 2.45) is 0 Å². The number of alkyl halides is 24. The molecule has 0 spiro atoms. The molecule has 0 fully saturated rings. The first-order chi connectivity index (χ1) is 14.5. The predicted molar refractivity (Wildman–Crippen MR) is 89.8 cm³/mol. The average molecular weight is 703 g/mol. The van der Waals surface area contributed by atoms with E-state index in [1.807, 2.05) is 0 Å². The van der Waals surface area contributed by atoms with Crippen LogP contribution in [0.2, 0.25) is 0 Å². The van der Waals surface area contributed by atoms with E-state index in [1.165, 1.54) is 0 Å². The van der Waals surface area contributed by atoms with Crippen LogP contribution < -0.4 is 0 Å². The lowest BCUT2D eigenvalue weighted by atomic mass is 9.89. The van der Waals surface area contributed by atoms with E-state index in [2.05, 4.69) is 81.2 Å². The van der Waals surface area contributed by atoms with Gasteiger partial charge in [-0.1, -0.05) is 58.0 Å². The summed E-state index contributed by atoms with van der Waals surface area (Å²) in [5.41, 5.74) is 0. The molecule has 0 saturated heterocycles. The Morgan fingerprint density at radius 1 is 0.229 bits per heavy atom. The highest BCUT2D eigenvalue weighted by atomic mass is 35.5. The Bertz CT molecular complexity index is 731. The largest absolute Gasteiger partial charge is 0.375 e. The van der Waals surface area contributed by atoms with E-state index < -0.39 is 60.1 Å². The fourth-order valence-corrected chi connectivity index (χ4v) is 3.21. The van der Waals surface area contributed by atoms with Crippen LogP contribution in [0.3, 0.4) is 0 Å². The highest BCUT2D eigenvalue weighted by molar-refractivity contribution is 6.35. The Morgan fingerprint density at radius 3 is 0.457 bits per heavy atom. The van der Waals surface area contributed by atoms with Gasteiger partial charge in [0.2, 0.25) is 0 Å². The number of halogens is 24. The molecule has 24 heteroatoms. The second-order valence-electron chi connectivity index (χ2n) is 6.17. The fourth-order valence-electron chi connectivity index (χ4n) is 1.74. The zero-order chi connectivity index (χ0) is 29.5. The van der Waals surface area contributed by atoms with Crippen LogP contribution in [0.15, 0.2) is 0 Å². The van der Waals surface area contributed by atoms with Gasteiger partial charge in [-0.15, -0.1) is 0 Å². The quantitative estimate of drug-likeness (QED) is 0.157. The summed E-state index contributed by atoms with van der Waals surface area (Å²) >= 11 is 26.5. The lowest BCUT2D eigenvalue weighted by Crippen LogP contribution is -2.76. The van der Waals surface area contributed by atoms with Crippen molar-refractivity contribution in [3.05, 3.63) is 0 Å². The highest BCUT2D eigenvalue weighted by Crippen LogP contribution is 2.69. The van der Waals surface area contributed by atoms with E-state index in [0.717, 1.165) is 0 Å². The van der Waals surface area contributed by atoms with Crippen LogP contribution in [0, 0.1) is 0 Å². The second kappa shape index (κ2) is 8.93. The Balaban J connectivity index is 7.15. The molecular weight excluding hydrogens is 703 g/mol. The molecule has 0 aliphatic carbocycles. The molecule has 0 saturated carbocycles. The summed E-state index contributed by atoms with van der Waals surface area (Å²) in [4.78, 5) is 0. The first kappa shape index (κ1) is 35.8. The van der Waals surface area contributed by atoms with Crippen molar-refractivity contribution < 1.29 is 74.6 Å². The van der Waals surface area contributed by atoms with Gasteiger partial charge in [-0.05, 0) is 23.2 Å². The van der Waals surface area contributed by atoms with E-state index >= 15 is 0 Å². The van der Waals surface area contributed by atoms with Gasteiger partial charge in [0.25, 0.3) is 0 Å². The van der Waals surface area contributed by atoms with Gasteiger partial charge in [-0.3, -0.25) is 0 Å². The molecule has 0 aliphatic rings. The summed E-state index contributed by atoms with van der Waals surface area (Å²) in [5.74, 6) is -31.1. The smallest absolute Gasteiger partial charge is 0.212 e. The van der Waals surface area contributed by atoms with E-state index in [9.17, 15) is 74.6 Å². The van der Waals surface area contributed by atoms with Crippen LogP contribution in [0.4, 0.5) is 74.6 Å². The number of hydrogen-bond acceptors (Lipinski definition) is 0. The van der Waals surface area contributed by atoms with Crippen molar-refractivity contribution in [2.75, 3.05) is 0 Å². The van der Waals surface area contributed by atoms with Crippen LogP contribution in [-0.2, 0) is 0 Å². The molecule has 4 unspecified atom stereocenters. The van der Waals surface area contributed by atoms with E-state index in [-0.39, 0.29) is 0 Å². The Morgan fingerprint density at radius 2 is 0.343 bits per heavy atom. The van der Waals surface area contributed by atoms with Gasteiger partial charge in [-0.25, -0.2) is 22.0 Å². The molecule has 212 valence electrons. The number of hydrogen-bond donors (Lipinski definition) is 0. The summed E-state index contributed by atoms with van der Waals surface area (Å²) in [6.45, 7) is 0. The molecule has 0 aromatic rings. The molecule has 0 bridgehead atoms. The Hall–Kier alpha value is 0.840. The van der Waals surface area contributed by atoms with Gasteiger partial charge in [0, 0.05) is 0 Å². The van der Waals surface area contributed by atoms with Crippen molar-refractivity contribution >= 4 is 81.2 Å². The molecule has 0 rings (SSSR count). The van der Waals surface area contributed by atoms with Crippen molar-refractivity contribution in [1.29, 1.82) is 0 Å². The molecular formula is C11Cl7F17. The molecule has 0 aliphatic heterocycles. The molecule has 0 nitrogen and oxygen atoms in total. The van der Waals surface area contributed by atoms with Crippen LogP contribution in [-0.4, -0.2) is 60.1 Å². The van der Waals surface area contributed by atoms with Gasteiger partial charge >= 0.3 is 60.1 Å². The third-order valence-electron chi connectivity index (χ3n) is 3.87. The standard InChI is InChI=1S/C11Cl7F17/c12-1(19,6(24,25)2(13,20)8(28,29)4(15,22)10(17,32)33)7(26,27)3(14,21)9(30,31)5(16,23)11(18,34)35. The minimum Gasteiger partial charge on any atom is -0.212 e. The van der Waals surface area contributed by atoms with E-state index in [0.29, 0.717) is 0 Å².